The fourth-order valence-corrected chi connectivity index (χ4v) is 1.35. The van der Waals surface area contributed by atoms with Gasteiger partial charge in [0.05, 0.1) is 0 Å². The number of nitrogens with two attached hydrogens (primary N) is 1. The van der Waals surface area contributed by atoms with Gasteiger partial charge in [-0.25, -0.2) is 8.78 Å². The molecule has 1 atom stereocenters. The summed E-state index contributed by atoms with van der Waals surface area (Å²) in [6.07, 6.45) is 0.624. The summed E-state index contributed by atoms with van der Waals surface area (Å²) in [6, 6.07) is 1.81. The number of hydrogen-bond acceptors (Lipinski definition) is 2. The zero-order chi connectivity index (χ0) is 10.7. The number of aromatic hydroxyl groups is 1. The smallest absolute Gasteiger partial charge is 0.162 e. The average molecular weight is 201 g/mol. The highest BCUT2D eigenvalue weighted by molar-refractivity contribution is 5.35. The van der Waals surface area contributed by atoms with Crippen molar-refractivity contribution in [2.45, 2.75) is 19.3 Å². The lowest BCUT2D eigenvalue weighted by Gasteiger charge is -2.12. The summed E-state index contributed by atoms with van der Waals surface area (Å²) in [4.78, 5) is 0. The van der Waals surface area contributed by atoms with Crippen LogP contribution in [0.4, 0.5) is 8.78 Å². The molecule has 1 rings (SSSR count). The topological polar surface area (TPSA) is 46.2 Å². The number of hydrogen-bond donors (Lipinski definition) is 2. The molecule has 0 saturated heterocycles. The highest BCUT2D eigenvalue weighted by Crippen LogP contribution is 2.29. The molecular weight excluding hydrogens is 188 g/mol. The van der Waals surface area contributed by atoms with E-state index >= 15 is 0 Å². The standard InChI is InChI=1S/C10H13F2NO/c1-6(2-3-13)7-4-8(11)9(12)5-10(7)14/h4-6,14H,2-3,13H2,1H3. The van der Waals surface area contributed by atoms with Crippen molar-refractivity contribution in [1.82, 2.24) is 0 Å². The van der Waals surface area contributed by atoms with Gasteiger partial charge in [0.2, 0.25) is 0 Å². The maximum atomic E-state index is 12.8. The zero-order valence-corrected chi connectivity index (χ0v) is 7.93. The summed E-state index contributed by atoms with van der Waals surface area (Å²) in [5, 5.41) is 9.37. The third-order valence-electron chi connectivity index (χ3n) is 2.20. The van der Waals surface area contributed by atoms with Crippen LogP contribution in [-0.2, 0) is 0 Å². The van der Waals surface area contributed by atoms with Crippen LogP contribution in [0.15, 0.2) is 12.1 Å². The summed E-state index contributed by atoms with van der Waals surface area (Å²) < 4.78 is 25.5. The third-order valence-corrected chi connectivity index (χ3v) is 2.20. The molecule has 0 aromatic heterocycles. The van der Waals surface area contributed by atoms with E-state index in [1.165, 1.54) is 0 Å². The minimum atomic E-state index is -1.04. The zero-order valence-electron chi connectivity index (χ0n) is 7.93. The van der Waals surface area contributed by atoms with E-state index in [0.717, 1.165) is 12.1 Å². The van der Waals surface area contributed by atoms with E-state index in [0.29, 0.717) is 18.5 Å². The first-order valence-electron chi connectivity index (χ1n) is 4.44. The molecule has 1 unspecified atom stereocenters. The number of halogens is 2. The van der Waals surface area contributed by atoms with Crippen LogP contribution < -0.4 is 5.73 Å². The number of phenolic OH excluding ortho intramolecular Hbond substituents is 1. The Morgan fingerprint density at radius 1 is 1.36 bits per heavy atom. The molecule has 1 aromatic rings. The quantitative estimate of drug-likeness (QED) is 0.786. The van der Waals surface area contributed by atoms with Crippen LogP contribution in [0.5, 0.6) is 5.75 Å². The van der Waals surface area contributed by atoms with Gasteiger partial charge < -0.3 is 10.8 Å². The van der Waals surface area contributed by atoms with Crippen molar-refractivity contribution in [2.75, 3.05) is 6.54 Å². The molecule has 0 saturated carbocycles. The van der Waals surface area contributed by atoms with Crippen LogP contribution in [0, 0.1) is 11.6 Å². The highest BCUT2D eigenvalue weighted by Gasteiger charge is 2.13. The van der Waals surface area contributed by atoms with Gasteiger partial charge in [-0.05, 0) is 30.5 Å². The molecule has 0 bridgehead atoms. The maximum absolute atomic E-state index is 12.8. The van der Waals surface area contributed by atoms with Crippen molar-refractivity contribution in [2.24, 2.45) is 5.73 Å². The Kier molecular flexibility index (Phi) is 3.41. The number of benzene rings is 1. The molecule has 0 fully saturated rings. The molecule has 14 heavy (non-hydrogen) atoms. The van der Waals surface area contributed by atoms with Crippen LogP contribution in [0.3, 0.4) is 0 Å². The van der Waals surface area contributed by atoms with E-state index in [1.807, 2.05) is 0 Å². The molecule has 0 radical (unpaired) electrons. The summed E-state index contributed by atoms with van der Waals surface area (Å²) in [6.45, 7) is 2.25. The van der Waals surface area contributed by atoms with E-state index in [-0.39, 0.29) is 11.7 Å². The Hall–Kier alpha value is -1.16. The second-order valence-corrected chi connectivity index (χ2v) is 3.30. The van der Waals surface area contributed by atoms with Gasteiger partial charge in [-0.3, -0.25) is 0 Å². The van der Waals surface area contributed by atoms with E-state index in [9.17, 15) is 13.9 Å². The molecule has 2 nitrogen and oxygen atoms in total. The fraction of sp³-hybridized carbons (Fsp3) is 0.400. The average Bonchev–Trinajstić information content (AvgIpc) is 2.11. The van der Waals surface area contributed by atoms with Crippen molar-refractivity contribution in [1.29, 1.82) is 0 Å². The van der Waals surface area contributed by atoms with Crippen molar-refractivity contribution >= 4 is 0 Å². The predicted molar refractivity (Wildman–Crippen MR) is 50.1 cm³/mol. The minimum Gasteiger partial charge on any atom is -0.508 e. The fourth-order valence-electron chi connectivity index (χ4n) is 1.35. The van der Waals surface area contributed by atoms with Gasteiger partial charge in [0, 0.05) is 6.07 Å². The maximum Gasteiger partial charge on any atom is 0.162 e. The molecule has 0 spiro atoms. The van der Waals surface area contributed by atoms with Crippen LogP contribution in [0.2, 0.25) is 0 Å². The first-order chi connectivity index (χ1) is 6.56. The lowest BCUT2D eigenvalue weighted by molar-refractivity contribution is 0.441. The molecule has 78 valence electrons. The molecule has 0 aliphatic rings. The van der Waals surface area contributed by atoms with Gasteiger partial charge in [0.25, 0.3) is 0 Å². The summed E-state index contributed by atoms with van der Waals surface area (Å²) >= 11 is 0. The molecule has 1 aromatic carbocycles. The molecule has 4 heteroatoms. The highest BCUT2D eigenvalue weighted by atomic mass is 19.2. The number of phenols is 1. The minimum absolute atomic E-state index is 0.0740. The second-order valence-electron chi connectivity index (χ2n) is 3.30. The van der Waals surface area contributed by atoms with Crippen molar-refractivity contribution in [3.8, 4) is 5.75 Å². The third kappa shape index (κ3) is 2.20. The molecule has 0 heterocycles. The van der Waals surface area contributed by atoms with Gasteiger partial charge in [-0.2, -0.15) is 0 Å². The lowest BCUT2D eigenvalue weighted by Crippen LogP contribution is -2.05. The summed E-state index contributed by atoms with van der Waals surface area (Å²) in [5.74, 6) is -2.27. The SMILES string of the molecule is CC(CCN)c1cc(F)c(F)cc1O. The van der Waals surface area contributed by atoms with Crippen LogP contribution in [-0.4, -0.2) is 11.7 Å². The molecule has 0 aliphatic carbocycles. The van der Waals surface area contributed by atoms with E-state index < -0.39 is 11.6 Å². The molecular formula is C10H13F2NO. The summed E-state index contributed by atoms with van der Waals surface area (Å²) in [7, 11) is 0. The van der Waals surface area contributed by atoms with E-state index in [1.54, 1.807) is 6.92 Å². The van der Waals surface area contributed by atoms with Crippen molar-refractivity contribution in [3.63, 3.8) is 0 Å². The normalized spacial score (nSPS) is 12.9. The van der Waals surface area contributed by atoms with Gasteiger partial charge in [-0.1, -0.05) is 6.92 Å². The van der Waals surface area contributed by atoms with Gasteiger partial charge in [-0.15, -0.1) is 0 Å². The first kappa shape index (κ1) is 10.9. The van der Waals surface area contributed by atoms with Crippen molar-refractivity contribution in [3.05, 3.63) is 29.3 Å². The Labute approximate surface area is 81.4 Å². The Balaban J connectivity index is 3.02. The van der Waals surface area contributed by atoms with Crippen LogP contribution >= 0.6 is 0 Å². The van der Waals surface area contributed by atoms with Crippen molar-refractivity contribution < 1.29 is 13.9 Å². The predicted octanol–water partition coefficient (Wildman–Crippen LogP) is 2.12. The van der Waals surface area contributed by atoms with Crippen LogP contribution in [0.1, 0.15) is 24.8 Å². The monoisotopic (exact) mass is 201 g/mol. The Morgan fingerprint density at radius 2 is 1.93 bits per heavy atom. The number of rotatable bonds is 3. The molecule has 0 aliphatic heterocycles. The molecule has 3 N–H and O–H groups in total. The van der Waals surface area contributed by atoms with Gasteiger partial charge in [0.1, 0.15) is 5.75 Å². The second kappa shape index (κ2) is 4.37. The molecule has 0 amide bonds. The van der Waals surface area contributed by atoms with E-state index in [2.05, 4.69) is 0 Å². The van der Waals surface area contributed by atoms with Gasteiger partial charge in [0.15, 0.2) is 11.6 Å². The largest absolute Gasteiger partial charge is 0.508 e. The van der Waals surface area contributed by atoms with E-state index in [4.69, 9.17) is 5.73 Å². The first-order valence-corrected chi connectivity index (χ1v) is 4.44. The van der Waals surface area contributed by atoms with Crippen LogP contribution in [0.25, 0.3) is 0 Å². The van der Waals surface area contributed by atoms with Gasteiger partial charge >= 0.3 is 0 Å². The summed E-state index contributed by atoms with van der Waals surface area (Å²) in [5.41, 5.74) is 5.73. The Morgan fingerprint density at radius 3 is 2.50 bits per heavy atom. The lowest BCUT2D eigenvalue weighted by atomic mass is 9.97. The Bertz CT molecular complexity index is 328.